The first-order valence-corrected chi connectivity index (χ1v) is 14.3. The smallest absolute Gasteiger partial charge is 0.284 e. The van der Waals surface area contributed by atoms with Gasteiger partial charge in [-0.05, 0) is 64.9 Å². The molecule has 0 saturated carbocycles. The second-order valence-corrected chi connectivity index (χ2v) is 11.0. The van der Waals surface area contributed by atoms with E-state index in [2.05, 4.69) is 43.2 Å². The van der Waals surface area contributed by atoms with Crippen LogP contribution in [0.25, 0.3) is 0 Å². The number of aromatic nitrogens is 2. The van der Waals surface area contributed by atoms with Crippen molar-refractivity contribution in [1.82, 2.24) is 19.6 Å². The fraction of sp³-hybridized carbons (Fsp3) is 0.407. The summed E-state index contributed by atoms with van der Waals surface area (Å²) in [5.41, 5.74) is 1.17. The summed E-state index contributed by atoms with van der Waals surface area (Å²) >= 11 is 5.06. The first kappa shape index (κ1) is 29.2. The molecule has 0 spiro atoms. The summed E-state index contributed by atoms with van der Waals surface area (Å²) in [5.74, 6) is 1.94. The minimum Gasteiger partial charge on any atom is -0.493 e. The average molecular weight is 623 g/mol. The van der Waals surface area contributed by atoms with E-state index in [1.807, 2.05) is 18.2 Å². The second-order valence-electron chi connectivity index (χ2n) is 9.06. The number of likely N-dealkylation sites (N-methyl/N-ethyl adjacent to an activating group) is 1. The van der Waals surface area contributed by atoms with Crippen LogP contribution in [-0.2, 0) is 13.2 Å². The largest absolute Gasteiger partial charge is 0.493 e. The van der Waals surface area contributed by atoms with Crippen LogP contribution in [0, 0.1) is 5.82 Å². The molecule has 0 atom stereocenters. The highest BCUT2D eigenvalue weighted by atomic mass is 79.9. The number of hydrogen-bond donors (Lipinski definition) is 1. The molecular formula is C27H33BrFN5O4S. The van der Waals surface area contributed by atoms with Crippen molar-refractivity contribution in [2.75, 3.05) is 65.1 Å². The Hall–Kier alpha value is -2.80. The van der Waals surface area contributed by atoms with Crippen LogP contribution in [0.5, 0.6) is 17.4 Å². The summed E-state index contributed by atoms with van der Waals surface area (Å²) in [4.78, 5) is 18.7. The SMILES string of the molecule is COc1ccc(CNc2c(OCCSc3ccc(F)cc3)nn(CN3CCN(C)CC3)c(=O)c2Br)cc1OC. The van der Waals surface area contributed by atoms with E-state index >= 15 is 0 Å². The maximum atomic E-state index is 13.3. The summed E-state index contributed by atoms with van der Waals surface area (Å²) in [6.07, 6.45) is 0. The molecule has 12 heteroatoms. The predicted octanol–water partition coefficient (Wildman–Crippen LogP) is 4.15. The standard InChI is InChI=1S/C27H33BrFN5O4S/c1-32-10-12-33(13-11-32)18-34-27(35)24(28)25(30-17-19-4-9-22(36-2)23(16-19)37-3)26(31-34)38-14-15-39-21-7-5-20(29)6-8-21/h4-9,16,30H,10-15,17-18H2,1-3H3. The minimum atomic E-state index is -0.266. The normalized spacial score (nSPS) is 14.3. The van der Waals surface area contributed by atoms with Crippen LogP contribution in [0.4, 0.5) is 10.1 Å². The lowest BCUT2D eigenvalue weighted by Crippen LogP contribution is -2.46. The zero-order valence-electron chi connectivity index (χ0n) is 22.3. The number of halogens is 2. The van der Waals surface area contributed by atoms with Gasteiger partial charge in [-0.25, -0.2) is 9.07 Å². The maximum Gasteiger partial charge on any atom is 0.284 e. The van der Waals surface area contributed by atoms with Gasteiger partial charge in [0.05, 0.1) is 27.5 Å². The van der Waals surface area contributed by atoms with Gasteiger partial charge in [0.25, 0.3) is 11.4 Å². The number of piperazine rings is 1. The maximum absolute atomic E-state index is 13.3. The monoisotopic (exact) mass is 621 g/mol. The molecule has 9 nitrogen and oxygen atoms in total. The summed E-state index contributed by atoms with van der Waals surface area (Å²) in [7, 11) is 5.27. The second kappa shape index (κ2) is 14.0. The summed E-state index contributed by atoms with van der Waals surface area (Å²) in [5, 5.41) is 7.92. The fourth-order valence-electron chi connectivity index (χ4n) is 4.06. The molecular weight excluding hydrogens is 589 g/mol. The van der Waals surface area contributed by atoms with Crippen LogP contribution in [0.2, 0.25) is 0 Å². The average Bonchev–Trinajstić information content (AvgIpc) is 2.95. The molecule has 1 aliphatic heterocycles. The Kier molecular flexibility index (Phi) is 10.5. The minimum absolute atomic E-state index is 0.239. The highest BCUT2D eigenvalue weighted by Crippen LogP contribution is 2.31. The van der Waals surface area contributed by atoms with Gasteiger partial charge in [-0.2, -0.15) is 0 Å². The van der Waals surface area contributed by atoms with E-state index < -0.39 is 0 Å². The summed E-state index contributed by atoms with van der Waals surface area (Å²) in [6.45, 7) is 4.71. The topological polar surface area (TPSA) is 81.1 Å². The molecule has 0 unspecified atom stereocenters. The Labute approximate surface area is 240 Å². The Morgan fingerprint density at radius 2 is 1.77 bits per heavy atom. The molecule has 2 heterocycles. The van der Waals surface area contributed by atoms with E-state index in [4.69, 9.17) is 14.2 Å². The highest BCUT2D eigenvalue weighted by molar-refractivity contribution is 9.10. The number of benzene rings is 2. The van der Waals surface area contributed by atoms with Crippen molar-refractivity contribution < 1.29 is 18.6 Å². The molecule has 2 aromatic carbocycles. The van der Waals surface area contributed by atoms with Crippen molar-refractivity contribution in [2.45, 2.75) is 18.1 Å². The molecule has 1 saturated heterocycles. The molecule has 1 aromatic heterocycles. The van der Waals surface area contributed by atoms with Crippen LogP contribution >= 0.6 is 27.7 Å². The lowest BCUT2D eigenvalue weighted by Gasteiger charge is -2.32. The van der Waals surface area contributed by atoms with Crippen LogP contribution in [-0.4, -0.2) is 79.4 Å². The number of nitrogens with one attached hydrogen (secondary N) is 1. The molecule has 1 fully saturated rings. The van der Waals surface area contributed by atoms with Crippen molar-refractivity contribution in [3.63, 3.8) is 0 Å². The number of rotatable bonds is 12. The summed E-state index contributed by atoms with van der Waals surface area (Å²) < 4.78 is 31.9. The van der Waals surface area contributed by atoms with Gasteiger partial charge in [0.1, 0.15) is 16.0 Å². The van der Waals surface area contributed by atoms with E-state index in [-0.39, 0.29) is 11.4 Å². The zero-order chi connectivity index (χ0) is 27.8. The van der Waals surface area contributed by atoms with Gasteiger partial charge < -0.3 is 24.4 Å². The number of anilines is 1. The first-order chi connectivity index (χ1) is 18.9. The van der Waals surface area contributed by atoms with Gasteiger partial charge in [0.2, 0.25) is 0 Å². The van der Waals surface area contributed by atoms with E-state index in [0.29, 0.717) is 53.1 Å². The Morgan fingerprint density at radius 1 is 1.05 bits per heavy atom. The molecule has 1 N–H and O–H groups in total. The molecule has 0 amide bonds. The number of ether oxygens (including phenoxy) is 3. The lowest BCUT2D eigenvalue weighted by molar-refractivity contribution is 0.116. The van der Waals surface area contributed by atoms with Gasteiger partial charge in [0.15, 0.2) is 11.5 Å². The third kappa shape index (κ3) is 7.87. The number of thioether (sulfide) groups is 1. The Morgan fingerprint density at radius 3 is 2.46 bits per heavy atom. The van der Waals surface area contributed by atoms with Crippen molar-refractivity contribution in [1.29, 1.82) is 0 Å². The van der Waals surface area contributed by atoms with Crippen LogP contribution in [0.15, 0.2) is 56.6 Å². The number of hydrogen-bond acceptors (Lipinski definition) is 9. The molecule has 3 aromatic rings. The van der Waals surface area contributed by atoms with E-state index in [1.165, 1.54) is 16.8 Å². The van der Waals surface area contributed by atoms with Crippen LogP contribution < -0.4 is 25.1 Å². The van der Waals surface area contributed by atoms with E-state index in [0.717, 1.165) is 36.6 Å². The molecule has 210 valence electrons. The first-order valence-electron chi connectivity index (χ1n) is 12.6. The van der Waals surface area contributed by atoms with Gasteiger partial charge in [-0.1, -0.05) is 6.07 Å². The Balaban J connectivity index is 1.52. The molecule has 4 rings (SSSR count). The van der Waals surface area contributed by atoms with E-state index in [9.17, 15) is 9.18 Å². The highest BCUT2D eigenvalue weighted by Gasteiger charge is 2.20. The van der Waals surface area contributed by atoms with Crippen molar-refractivity contribution in [3.05, 3.63) is 68.7 Å². The van der Waals surface area contributed by atoms with Gasteiger partial charge in [0, 0.05) is 43.4 Å². The molecule has 0 aliphatic carbocycles. The number of methoxy groups -OCH3 is 2. The van der Waals surface area contributed by atoms with Crippen molar-refractivity contribution >= 4 is 33.4 Å². The van der Waals surface area contributed by atoms with E-state index in [1.54, 1.807) is 38.1 Å². The van der Waals surface area contributed by atoms with Crippen LogP contribution in [0.3, 0.4) is 0 Å². The predicted molar refractivity (Wildman–Crippen MR) is 155 cm³/mol. The van der Waals surface area contributed by atoms with Gasteiger partial charge in [-0.15, -0.1) is 16.9 Å². The fourth-order valence-corrected chi connectivity index (χ4v) is 5.30. The molecule has 39 heavy (non-hydrogen) atoms. The Bertz CT molecular complexity index is 1300. The molecule has 0 radical (unpaired) electrons. The molecule has 1 aliphatic rings. The van der Waals surface area contributed by atoms with Crippen LogP contribution in [0.1, 0.15) is 5.56 Å². The van der Waals surface area contributed by atoms with Gasteiger partial charge in [-0.3, -0.25) is 9.69 Å². The zero-order valence-corrected chi connectivity index (χ0v) is 24.7. The third-order valence-electron chi connectivity index (χ3n) is 6.32. The summed E-state index contributed by atoms with van der Waals surface area (Å²) in [6, 6.07) is 12.0. The molecule has 0 bridgehead atoms. The van der Waals surface area contributed by atoms with Crippen molar-refractivity contribution in [3.8, 4) is 17.4 Å². The third-order valence-corrected chi connectivity index (χ3v) is 8.03. The number of nitrogens with zero attached hydrogens (tertiary/aromatic N) is 4. The van der Waals surface area contributed by atoms with Crippen molar-refractivity contribution in [2.24, 2.45) is 0 Å². The quantitative estimate of drug-likeness (QED) is 0.237. The lowest BCUT2D eigenvalue weighted by atomic mass is 10.2. The van der Waals surface area contributed by atoms with Gasteiger partial charge >= 0.3 is 0 Å².